The van der Waals surface area contributed by atoms with Gasteiger partial charge in [0.2, 0.25) is 0 Å². The Balaban J connectivity index is 2.98. The van der Waals surface area contributed by atoms with Crippen LogP contribution in [0.5, 0.6) is 0 Å². The van der Waals surface area contributed by atoms with Crippen molar-refractivity contribution in [2.75, 3.05) is 0 Å². The third-order valence-electron chi connectivity index (χ3n) is 2.18. The van der Waals surface area contributed by atoms with Gasteiger partial charge in [0.05, 0.1) is 0 Å². The minimum Gasteiger partial charge on any atom is -0.479 e. The molecule has 0 aliphatic rings. The fraction of sp³-hybridized carbons (Fsp3) is 0.385. The van der Waals surface area contributed by atoms with Crippen molar-refractivity contribution in [2.24, 2.45) is 0 Å². The number of carbonyl (C=O) groups excluding carboxylic acids is 1. The second kappa shape index (κ2) is 6.09. The van der Waals surface area contributed by atoms with E-state index in [4.69, 9.17) is 21.4 Å². The molecule has 7 heteroatoms. The average molecular weight is 304 g/mol. The Morgan fingerprint density at radius 3 is 2.50 bits per heavy atom. The lowest BCUT2D eigenvalue weighted by atomic mass is 10.1. The summed E-state index contributed by atoms with van der Waals surface area (Å²) in [5.74, 6) is -2.20. The Kier molecular flexibility index (Phi) is 4.94. The van der Waals surface area contributed by atoms with Crippen molar-refractivity contribution < 1.29 is 23.8 Å². The summed E-state index contributed by atoms with van der Waals surface area (Å²) in [4.78, 5) is 22.8. The second-order valence-corrected chi connectivity index (χ2v) is 5.52. The minimum absolute atomic E-state index is 0.165. The Morgan fingerprint density at radius 1 is 1.40 bits per heavy atom. The summed E-state index contributed by atoms with van der Waals surface area (Å²) in [6.45, 7) is 4.88. The highest BCUT2D eigenvalue weighted by molar-refractivity contribution is 6.30. The maximum Gasteiger partial charge on any atom is 0.408 e. The van der Waals surface area contributed by atoms with Gasteiger partial charge in [-0.2, -0.15) is 0 Å². The number of alkyl carbamates (subject to hydrolysis) is 1. The lowest BCUT2D eigenvalue weighted by Crippen LogP contribution is -2.38. The van der Waals surface area contributed by atoms with Gasteiger partial charge in [-0.3, -0.25) is 0 Å². The van der Waals surface area contributed by atoms with Crippen LogP contribution in [0.1, 0.15) is 32.4 Å². The first-order chi connectivity index (χ1) is 9.10. The topological polar surface area (TPSA) is 75.6 Å². The Hall–Kier alpha value is -1.82. The van der Waals surface area contributed by atoms with Crippen LogP contribution in [0.15, 0.2) is 18.2 Å². The number of hydrogen-bond donors (Lipinski definition) is 2. The van der Waals surface area contributed by atoms with Crippen LogP contribution in [0.25, 0.3) is 0 Å². The van der Waals surface area contributed by atoms with Crippen LogP contribution in [0.2, 0.25) is 5.02 Å². The fourth-order valence-electron chi connectivity index (χ4n) is 1.43. The van der Waals surface area contributed by atoms with Crippen LogP contribution in [0.3, 0.4) is 0 Å². The first kappa shape index (κ1) is 16.2. The first-order valence-corrected chi connectivity index (χ1v) is 6.15. The van der Waals surface area contributed by atoms with E-state index in [9.17, 15) is 14.0 Å². The van der Waals surface area contributed by atoms with Gasteiger partial charge >= 0.3 is 12.1 Å². The molecule has 1 aromatic rings. The number of rotatable bonds is 3. The number of halogens is 2. The van der Waals surface area contributed by atoms with Crippen molar-refractivity contribution in [1.82, 2.24) is 5.32 Å². The van der Waals surface area contributed by atoms with Gasteiger partial charge in [-0.1, -0.05) is 11.6 Å². The first-order valence-electron chi connectivity index (χ1n) is 5.77. The molecule has 0 saturated heterocycles. The molecule has 0 heterocycles. The van der Waals surface area contributed by atoms with Crippen molar-refractivity contribution >= 4 is 23.7 Å². The highest BCUT2D eigenvalue weighted by Crippen LogP contribution is 2.22. The molecule has 0 aromatic heterocycles. The number of benzene rings is 1. The van der Waals surface area contributed by atoms with Crippen LogP contribution in [-0.2, 0) is 9.53 Å². The molecule has 1 amide bonds. The molecule has 1 unspecified atom stereocenters. The monoisotopic (exact) mass is 303 g/mol. The largest absolute Gasteiger partial charge is 0.479 e. The smallest absolute Gasteiger partial charge is 0.408 e. The van der Waals surface area contributed by atoms with Crippen LogP contribution in [0.4, 0.5) is 9.18 Å². The van der Waals surface area contributed by atoms with E-state index in [-0.39, 0.29) is 10.6 Å². The van der Waals surface area contributed by atoms with E-state index < -0.39 is 29.5 Å². The number of carboxylic acids is 1. The molecule has 0 spiro atoms. The maximum absolute atomic E-state index is 13.7. The molecule has 20 heavy (non-hydrogen) atoms. The zero-order chi connectivity index (χ0) is 15.5. The lowest BCUT2D eigenvalue weighted by molar-refractivity contribution is -0.139. The van der Waals surface area contributed by atoms with Crippen molar-refractivity contribution in [2.45, 2.75) is 32.4 Å². The standard InChI is InChI=1S/C13H15ClFNO4/c1-13(2,3)20-12(19)16-10(11(17)18)8-6-7(14)4-5-9(8)15/h4-6,10H,1-3H3,(H,16,19)(H,17,18). The molecule has 0 bridgehead atoms. The number of hydrogen-bond acceptors (Lipinski definition) is 3. The molecule has 1 aromatic carbocycles. The summed E-state index contributed by atoms with van der Waals surface area (Å²) < 4.78 is 18.6. The van der Waals surface area contributed by atoms with Gasteiger partial charge < -0.3 is 15.2 Å². The van der Waals surface area contributed by atoms with Crippen molar-refractivity contribution in [3.05, 3.63) is 34.6 Å². The Morgan fingerprint density at radius 2 is 2.00 bits per heavy atom. The fourth-order valence-corrected chi connectivity index (χ4v) is 1.61. The summed E-state index contributed by atoms with van der Waals surface area (Å²) in [5.41, 5.74) is -1.03. The van der Waals surface area contributed by atoms with Crippen molar-refractivity contribution in [1.29, 1.82) is 0 Å². The molecule has 0 aliphatic carbocycles. The highest BCUT2D eigenvalue weighted by atomic mass is 35.5. The van der Waals surface area contributed by atoms with Crippen molar-refractivity contribution in [3.8, 4) is 0 Å². The van der Waals surface area contributed by atoms with Gasteiger partial charge in [-0.05, 0) is 39.0 Å². The molecule has 1 atom stereocenters. The molecular formula is C13H15ClFNO4. The third-order valence-corrected chi connectivity index (χ3v) is 2.41. The van der Waals surface area contributed by atoms with Gasteiger partial charge in [-0.25, -0.2) is 14.0 Å². The SMILES string of the molecule is CC(C)(C)OC(=O)NC(C(=O)O)c1cc(Cl)ccc1F. The normalized spacial score (nSPS) is 12.7. The molecule has 2 N–H and O–H groups in total. The van der Waals surface area contributed by atoms with Crippen LogP contribution in [0, 0.1) is 5.82 Å². The molecule has 0 saturated carbocycles. The second-order valence-electron chi connectivity index (χ2n) is 5.08. The summed E-state index contributed by atoms with van der Waals surface area (Å²) in [6, 6.07) is 1.88. The van der Waals surface area contributed by atoms with E-state index in [0.29, 0.717) is 0 Å². The Labute approximate surface area is 120 Å². The predicted octanol–water partition coefficient (Wildman–Crippen LogP) is 3.13. The number of ether oxygens (including phenoxy) is 1. The quantitative estimate of drug-likeness (QED) is 0.899. The molecule has 1 rings (SSSR count). The predicted molar refractivity (Wildman–Crippen MR) is 71.2 cm³/mol. The number of carbonyl (C=O) groups is 2. The van der Waals surface area contributed by atoms with E-state index in [2.05, 4.69) is 5.32 Å². The van der Waals surface area contributed by atoms with Gasteiger partial charge in [0, 0.05) is 10.6 Å². The van der Waals surface area contributed by atoms with Gasteiger partial charge in [0.15, 0.2) is 6.04 Å². The summed E-state index contributed by atoms with van der Waals surface area (Å²) in [7, 11) is 0. The van der Waals surface area contributed by atoms with Crippen LogP contribution in [-0.4, -0.2) is 22.8 Å². The van der Waals surface area contributed by atoms with Crippen molar-refractivity contribution in [3.63, 3.8) is 0 Å². The van der Waals surface area contributed by atoms with Gasteiger partial charge in [0.1, 0.15) is 11.4 Å². The summed E-state index contributed by atoms with van der Waals surface area (Å²) in [6.07, 6.45) is -0.954. The molecule has 110 valence electrons. The number of amides is 1. The molecule has 5 nitrogen and oxygen atoms in total. The van der Waals surface area contributed by atoms with E-state index in [1.807, 2.05) is 0 Å². The van der Waals surface area contributed by atoms with Gasteiger partial charge in [0.25, 0.3) is 0 Å². The maximum atomic E-state index is 13.7. The Bertz CT molecular complexity index is 528. The van der Waals surface area contributed by atoms with E-state index >= 15 is 0 Å². The lowest BCUT2D eigenvalue weighted by Gasteiger charge is -2.22. The molecule has 0 fully saturated rings. The van der Waals surface area contributed by atoms with Crippen LogP contribution >= 0.6 is 11.6 Å². The number of aliphatic carboxylic acids is 1. The molecule has 0 aliphatic heterocycles. The minimum atomic E-state index is -1.58. The zero-order valence-corrected chi connectivity index (χ0v) is 12.0. The van der Waals surface area contributed by atoms with E-state index in [0.717, 1.165) is 12.1 Å². The van der Waals surface area contributed by atoms with E-state index in [1.165, 1.54) is 6.07 Å². The average Bonchev–Trinajstić information content (AvgIpc) is 2.27. The van der Waals surface area contributed by atoms with Gasteiger partial charge in [-0.15, -0.1) is 0 Å². The number of carboxylic acid groups (broad SMARTS) is 1. The van der Waals surface area contributed by atoms with E-state index in [1.54, 1.807) is 20.8 Å². The summed E-state index contributed by atoms with van der Waals surface area (Å²) >= 11 is 5.71. The number of nitrogens with one attached hydrogen (secondary N) is 1. The third kappa shape index (κ3) is 4.70. The molecule has 0 radical (unpaired) electrons. The highest BCUT2D eigenvalue weighted by Gasteiger charge is 2.27. The van der Waals surface area contributed by atoms with Crippen LogP contribution < -0.4 is 5.32 Å². The zero-order valence-electron chi connectivity index (χ0n) is 11.2. The molecular weight excluding hydrogens is 289 g/mol. The summed E-state index contributed by atoms with van der Waals surface area (Å²) in [5, 5.41) is 11.4.